The second-order valence-electron chi connectivity index (χ2n) is 6.89. The number of aromatic amines is 1. The molecule has 4 rings (SSSR count). The Balaban J connectivity index is 1.80. The summed E-state index contributed by atoms with van der Waals surface area (Å²) in [6.07, 6.45) is 0. The maximum Gasteiger partial charge on any atom is 0.338 e. The number of methoxy groups -OCH3 is 1. The molecule has 2 N–H and O–H groups in total. The summed E-state index contributed by atoms with van der Waals surface area (Å²) >= 11 is 0. The number of nitrogens with zero attached hydrogens (tertiary/aromatic N) is 2. The van der Waals surface area contributed by atoms with Crippen LogP contribution in [0.1, 0.15) is 50.6 Å². The van der Waals surface area contributed by atoms with Gasteiger partial charge in [0.1, 0.15) is 0 Å². The summed E-state index contributed by atoms with van der Waals surface area (Å²) in [6, 6.07) is 11.2. The van der Waals surface area contributed by atoms with Gasteiger partial charge in [-0.05, 0) is 55.8 Å². The molecule has 0 fully saturated rings. The number of H-pyrrole nitrogens is 1. The van der Waals surface area contributed by atoms with Crippen molar-refractivity contribution >= 4 is 17.6 Å². The predicted octanol–water partition coefficient (Wildman–Crippen LogP) is 3.36. The molecule has 30 heavy (non-hydrogen) atoms. The molecule has 1 amide bonds. The number of rotatable bonds is 5. The van der Waals surface area contributed by atoms with Crippen molar-refractivity contribution in [1.82, 2.24) is 10.2 Å². The van der Waals surface area contributed by atoms with Crippen molar-refractivity contribution in [2.75, 3.05) is 18.6 Å². The maximum absolute atomic E-state index is 13.2. The van der Waals surface area contributed by atoms with Gasteiger partial charge in [-0.25, -0.2) is 4.79 Å². The van der Waals surface area contributed by atoms with Crippen LogP contribution in [0.4, 0.5) is 5.69 Å². The Labute approximate surface area is 173 Å². The van der Waals surface area contributed by atoms with E-state index < -0.39 is 12.0 Å². The van der Waals surface area contributed by atoms with Gasteiger partial charge in [0.05, 0.1) is 25.3 Å². The van der Waals surface area contributed by atoms with Gasteiger partial charge < -0.3 is 14.6 Å². The number of hydrogen-bond donors (Lipinski definition) is 2. The summed E-state index contributed by atoms with van der Waals surface area (Å²) in [4.78, 5) is 26.8. The molecule has 0 spiro atoms. The number of carbonyl (C=O) groups is 2. The smallest absolute Gasteiger partial charge is 0.338 e. The van der Waals surface area contributed by atoms with E-state index >= 15 is 0 Å². The SMILES string of the molecule is CCOC(=O)c1ccc(N2C(=O)c3n[nH]c(C)c3[C@H]2c2ccc(O)c(OC)c2)cc1. The number of aromatic hydroxyl groups is 1. The molecule has 0 radical (unpaired) electrons. The van der Waals surface area contributed by atoms with Gasteiger partial charge in [0, 0.05) is 16.9 Å². The standard InChI is InChI=1S/C22H21N3O5/c1-4-30-22(28)13-5-8-15(9-6-13)25-20(14-7-10-16(26)17(11-14)29-3)18-12(2)23-24-19(18)21(25)27/h5-11,20,26H,4H2,1-3H3,(H,23,24)/t20-/m1/s1. The molecule has 0 saturated heterocycles. The Morgan fingerprint density at radius 3 is 2.63 bits per heavy atom. The highest BCUT2D eigenvalue weighted by Crippen LogP contribution is 2.44. The van der Waals surface area contributed by atoms with Crippen LogP contribution >= 0.6 is 0 Å². The second kappa shape index (κ2) is 7.55. The molecule has 3 aromatic rings. The summed E-state index contributed by atoms with van der Waals surface area (Å²) in [5, 5.41) is 17.0. The average Bonchev–Trinajstić information content (AvgIpc) is 3.27. The van der Waals surface area contributed by atoms with Crippen molar-refractivity contribution in [1.29, 1.82) is 0 Å². The molecule has 8 nitrogen and oxygen atoms in total. The minimum atomic E-state index is -0.464. The monoisotopic (exact) mass is 407 g/mol. The van der Waals surface area contributed by atoms with E-state index in [1.807, 2.05) is 6.92 Å². The fraction of sp³-hybridized carbons (Fsp3) is 0.227. The number of phenolic OH excluding ortho intramolecular Hbond substituents is 1. The van der Waals surface area contributed by atoms with Gasteiger partial charge in [-0.3, -0.25) is 14.8 Å². The van der Waals surface area contributed by atoms with Crippen molar-refractivity contribution < 1.29 is 24.2 Å². The molecular formula is C22H21N3O5. The van der Waals surface area contributed by atoms with Crippen LogP contribution in [0, 0.1) is 6.92 Å². The molecule has 1 aliphatic rings. The van der Waals surface area contributed by atoms with E-state index in [2.05, 4.69) is 10.2 Å². The molecule has 0 bridgehead atoms. The molecule has 2 heterocycles. The van der Waals surface area contributed by atoms with Crippen LogP contribution in [0.5, 0.6) is 11.5 Å². The first-order valence-corrected chi connectivity index (χ1v) is 9.48. The quantitative estimate of drug-likeness (QED) is 0.629. The van der Waals surface area contributed by atoms with Gasteiger partial charge >= 0.3 is 5.97 Å². The van der Waals surface area contributed by atoms with Gasteiger partial charge in [-0.2, -0.15) is 5.10 Å². The van der Waals surface area contributed by atoms with Crippen LogP contribution in [-0.4, -0.2) is 40.9 Å². The van der Waals surface area contributed by atoms with Gasteiger partial charge in [-0.15, -0.1) is 0 Å². The lowest BCUT2D eigenvalue weighted by molar-refractivity contribution is 0.0526. The van der Waals surface area contributed by atoms with Gasteiger partial charge in [0.15, 0.2) is 17.2 Å². The number of ether oxygens (including phenoxy) is 2. The normalized spacial score (nSPS) is 15.2. The highest BCUT2D eigenvalue weighted by Gasteiger charge is 2.42. The maximum atomic E-state index is 13.2. The molecule has 1 aromatic heterocycles. The predicted molar refractivity (Wildman–Crippen MR) is 109 cm³/mol. The number of carbonyl (C=O) groups excluding carboxylic acids is 2. The zero-order valence-electron chi connectivity index (χ0n) is 16.8. The van der Waals surface area contributed by atoms with Crippen LogP contribution < -0.4 is 9.64 Å². The fourth-order valence-electron chi connectivity index (χ4n) is 3.71. The minimum Gasteiger partial charge on any atom is -0.504 e. The first kappa shape index (κ1) is 19.5. The van der Waals surface area contributed by atoms with E-state index in [-0.39, 0.29) is 18.3 Å². The van der Waals surface area contributed by atoms with Crippen molar-refractivity contribution in [3.63, 3.8) is 0 Å². The minimum absolute atomic E-state index is 0.0139. The fourth-order valence-corrected chi connectivity index (χ4v) is 3.71. The Kier molecular flexibility index (Phi) is 4.91. The molecule has 0 unspecified atom stereocenters. The highest BCUT2D eigenvalue weighted by atomic mass is 16.5. The number of amides is 1. The lowest BCUT2D eigenvalue weighted by Crippen LogP contribution is -2.29. The molecular weight excluding hydrogens is 386 g/mol. The third kappa shape index (κ3) is 3.06. The van der Waals surface area contributed by atoms with Crippen molar-refractivity contribution in [3.05, 3.63) is 70.5 Å². The largest absolute Gasteiger partial charge is 0.504 e. The van der Waals surface area contributed by atoms with Crippen LogP contribution in [0.3, 0.4) is 0 Å². The Morgan fingerprint density at radius 2 is 1.97 bits per heavy atom. The molecule has 8 heteroatoms. The van der Waals surface area contributed by atoms with Crippen LogP contribution in [0.2, 0.25) is 0 Å². The molecule has 0 aliphatic carbocycles. The van der Waals surface area contributed by atoms with E-state index in [0.29, 0.717) is 22.7 Å². The van der Waals surface area contributed by atoms with Crippen molar-refractivity contribution in [2.24, 2.45) is 0 Å². The summed E-state index contributed by atoms with van der Waals surface area (Å²) in [7, 11) is 1.47. The van der Waals surface area contributed by atoms with Gasteiger partial charge in [-0.1, -0.05) is 6.07 Å². The molecule has 0 saturated carbocycles. The number of fused-ring (bicyclic) bond motifs is 1. The first-order valence-electron chi connectivity index (χ1n) is 9.48. The van der Waals surface area contributed by atoms with E-state index in [9.17, 15) is 14.7 Å². The zero-order chi connectivity index (χ0) is 21.4. The summed E-state index contributed by atoms with van der Waals surface area (Å²) in [5.41, 5.74) is 3.67. The second-order valence-corrected chi connectivity index (χ2v) is 6.89. The number of aryl methyl sites for hydroxylation is 1. The zero-order valence-corrected chi connectivity index (χ0v) is 16.8. The number of benzene rings is 2. The third-order valence-electron chi connectivity index (χ3n) is 5.12. The number of hydrogen-bond acceptors (Lipinski definition) is 6. The van der Waals surface area contributed by atoms with E-state index in [4.69, 9.17) is 9.47 Å². The lowest BCUT2D eigenvalue weighted by Gasteiger charge is -2.26. The van der Waals surface area contributed by atoms with E-state index in [1.165, 1.54) is 13.2 Å². The Morgan fingerprint density at radius 1 is 1.23 bits per heavy atom. The first-order chi connectivity index (χ1) is 14.5. The molecule has 1 aliphatic heterocycles. The van der Waals surface area contributed by atoms with Gasteiger partial charge in [0.25, 0.3) is 5.91 Å². The summed E-state index contributed by atoms with van der Waals surface area (Å²) in [5.74, 6) is -0.344. The molecule has 1 atom stereocenters. The van der Waals surface area contributed by atoms with Crippen molar-refractivity contribution in [2.45, 2.75) is 19.9 Å². The Bertz CT molecular complexity index is 1120. The molecule has 154 valence electrons. The van der Waals surface area contributed by atoms with Gasteiger partial charge in [0.2, 0.25) is 0 Å². The van der Waals surface area contributed by atoms with Crippen LogP contribution in [0.25, 0.3) is 0 Å². The number of nitrogens with one attached hydrogen (secondary N) is 1. The average molecular weight is 407 g/mol. The summed E-state index contributed by atoms with van der Waals surface area (Å²) < 4.78 is 10.3. The van der Waals surface area contributed by atoms with E-state index in [1.54, 1.807) is 48.2 Å². The number of aromatic nitrogens is 2. The van der Waals surface area contributed by atoms with E-state index in [0.717, 1.165) is 16.8 Å². The lowest BCUT2D eigenvalue weighted by atomic mass is 9.98. The number of esters is 1. The van der Waals surface area contributed by atoms with Crippen LogP contribution in [-0.2, 0) is 4.74 Å². The number of phenols is 1. The topological polar surface area (TPSA) is 105 Å². The van der Waals surface area contributed by atoms with Crippen LogP contribution in [0.15, 0.2) is 42.5 Å². The Hall–Kier alpha value is -3.81. The highest BCUT2D eigenvalue weighted by molar-refractivity contribution is 6.10. The third-order valence-corrected chi connectivity index (χ3v) is 5.12. The number of anilines is 1. The summed E-state index contributed by atoms with van der Waals surface area (Å²) in [6.45, 7) is 3.89. The van der Waals surface area contributed by atoms with Crippen molar-refractivity contribution in [3.8, 4) is 11.5 Å². The molecule has 2 aromatic carbocycles.